The molecule has 1 heterocycles. The molecule has 0 bridgehead atoms. The highest BCUT2D eigenvalue weighted by Gasteiger charge is 2.08. The number of rotatable bonds is 5. The number of hydrogen-bond donors (Lipinski definition) is 1. The number of aromatic nitrogens is 3. The predicted octanol–water partition coefficient (Wildman–Crippen LogP) is 1.92. The summed E-state index contributed by atoms with van der Waals surface area (Å²) in [5, 5.41) is 17.4. The van der Waals surface area contributed by atoms with Gasteiger partial charge in [0.25, 0.3) is 0 Å². The van der Waals surface area contributed by atoms with Crippen molar-refractivity contribution >= 4 is 11.8 Å². The SMILES string of the molecule is Cn1c(CO)nnc1SCCc1ccc(F)c(F)c1. The van der Waals surface area contributed by atoms with Crippen LogP contribution in [-0.4, -0.2) is 25.6 Å². The molecule has 0 aliphatic rings. The standard InChI is InChI=1S/C12H13F2N3OS/c1-17-11(7-18)15-16-12(17)19-5-4-8-2-3-9(13)10(14)6-8/h2-3,6,18H,4-5,7H2,1H3. The number of aliphatic hydroxyl groups excluding tert-OH is 1. The highest BCUT2D eigenvalue weighted by molar-refractivity contribution is 7.99. The van der Waals surface area contributed by atoms with Gasteiger partial charge in [-0.25, -0.2) is 8.78 Å². The number of aliphatic hydroxyl groups is 1. The van der Waals surface area contributed by atoms with E-state index in [4.69, 9.17) is 5.11 Å². The Kier molecular flexibility index (Phi) is 4.49. The summed E-state index contributed by atoms with van der Waals surface area (Å²) in [6.07, 6.45) is 0.600. The number of halogens is 2. The minimum absolute atomic E-state index is 0.159. The van der Waals surface area contributed by atoms with Crippen molar-refractivity contribution in [3.8, 4) is 0 Å². The molecule has 0 aliphatic carbocycles. The van der Waals surface area contributed by atoms with E-state index in [2.05, 4.69) is 10.2 Å². The van der Waals surface area contributed by atoms with Crippen molar-refractivity contribution in [2.75, 3.05) is 5.75 Å². The van der Waals surface area contributed by atoms with Crippen molar-refractivity contribution in [3.63, 3.8) is 0 Å². The van der Waals surface area contributed by atoms with E-state index in [1.807, 2.05) is 0 Å². The first-order valence-electron chi connectivity index (χ1n) is 5.67. The molecule has 0 fully saturated rings. The van der Waals surface area contributed by atoms with Gasteiger partial charge in [-0.15, -0.1) is 10.2 Å². The van der Waals surface area contributed by atoms with Crippen LogP contribution in [0, 0.1) is 11.6 Å². The average molecular weight is 285 g/mol. The van der Waals surface area contributed by atoms with Crippen molar-refractivity contribution in [3.05, 3.63) is 41.2 Å². The third-order valence-corrected chi connectivity index (χ3v) is 3.69. The van der Waals surface area contributed by atoms with Crippen molar-refractivity contribution in [2.45, 2.75) is 18.2 Å². The number of nitrogens with zero attached hydrogens (tertiary/aromatic N) is 3. The minimum atomic E-state index is -0.836. The molecule has 4 nitrogen and oxygen atoms in total. The van der Waals surface area contributed by atoms with Gasteiger partial charge in [-0.05, 0) is 24.1 Å². The lowest BCUT2D eigenvalue weighted by Gasteiger charge is -2.03. The van der Waals surface area contributed by atoms with Gasteiger partial charge in [-0.2, -0.15) is 0 Å². The molecule has 1 aromatic heterocycles. The summed E-state index contributed by atoms with van der Waals surface area (Å²) in [4.78, 5) is 0. The van der Waals surface area contributed by atoms with Gasteiger partial charge in [0.15, 0.2) is 22.6 Å². The van der Waals surface area contributed by atoms with Crippen LogP contribution in [0.3, 0.4) is 0 Å². The molecule has 0 atom stereocenters. The molecule has 0 saturated heterocycles. The summed E-state index contributed by atoms with van der Waals surface area (Å²) >= 11 is 1.45. The molecule has 19 heavy (non-hydrogen) atoms. The topological polar surface area (TPSA) is 50.9 Å². The normalized spacial score (nSPS) is 10.9. The van der Waals surface area contributed by atoms with Gasteiger partial charge in [0.05, 0.1) is 0 Å². The second kappa shape index (κ2) is 6.12. The number of thioether (sulfide) groups is 1. The molecule has 1 aromatic carbocycles. The molecule has 102 valence electrons. The smallest absolute Gasteiger partial charge is 0.191 e. The van der Waals surface area contributed by atoms with Gasteiger partial charge < -0.3 is 9.67 Å². The van der Waals surface area contributed by atoms with Crippen molar-refractivity contribution < 1.29 is 13.9 Å². The maximum atomic E-state index is 13.0. The molecule has 0 radical (unpaired) electrons. The molecule has 7 heteroatoms. The van der Waals surface area contributed by atoms with E-state index in [0.29, 0.717) is 23.2 Å². The maximum Gasteiger partial charge on any atom is 0.191 e. The summed E-state index contributed by atoms with van der Waals surface area (Å²) in [5.41, 5.74) is 0.732. The van der Waals surface area contributed by atoms with E-state index in [1.165, 1.54) is 17.8 Å². The fourth-order valence-electron chi connectivity index (χ4n) is 1.56. The lowest BCUT2D eigenvalue weighted by atomic mass is 10.2. The molecule has 0 aliphatic heterocycles. The Balaban J connectivity index is 1.92. The quantitative estimate of drug-likeness (QED) is 0.853. The molecule has 2 aromatic rings. The van der Waals surface area contributed by atoms with Crippen LogP contribution < -0.4 is 0 Å². The molecule has 0 unspecified atom stereocenters. The molecule has 2 rings (SSSR count). The summed E-state index contributed by atoms with van der Waals surface area (Å²) in [6.45, 7) is -0.159. The van der Waals surface area contributed by atoms with E-state index in [-0.39, 0.29) is 6.61 Å². The Bertz CT molecular complexity index is 574. The molecule has 0 spiro atoms. The van der Waals surface area contributed by atoms with Crippen LogP contribution >= 0.6 is 11.8 Å². The highest BCUT2D eigenvalue weighted by atomic mass is 32.2. The summed E-state index contributed by atoms with van der Waals surface area (Å²) in [5.74, 6) is -0.501. The van der Waals surface area contributed by atoms with E-state index < -0.39 is 11.6 Å². The third-order valence-electron chi connectivity index (χ3n) is 2.67. The van der Waals surface area contributed by atoms with Gasteiger partial charge in [-0.3, -0.25) is 0 Å². The zero-order valence-corrected chi connectivity index (χ0v) is 11.1. The molecule has 1 N–H and O–H groups in total. The highest BCUT2D eigenvalue weighted by Crippen LogP contribution is 2.18. The van der Waals surface area contributed by atoms with Crippen LogP contribution in [0.1, 0.15) is 11.4 Å². The van der Waals surface area contributed by atoms with E-state index >= 15 is 0 Å². The fourth-order valence-corrected chi connectivity index (χ4v) is 2.48. The van der Waals surface area contributed by atoms with Gasteiger partial charge in [-0.1, -0.05) is 17.8 Å². The monoisotopic (exact) mass is 285 g/mol. The predicted molar refractivity (Wildman–Crippen MR) is 67.7 cm³/mol. The zero-order chi connectivity index (χ0) is 13.8. The molecular formula is C12H13F2N3OS. The van der Waals surface area contributed by atoms with Crippen LogP contribution in [0.15, 0.2) is 23.4 Å². The number of benzene rings is 1. The molecule has 0 saturated carbocycles. The zero-order valence-electron chi connectivity index (χ0n) is 10.3. The van der Waals surface area contributed by atoms with E-state index in [9.17, 15) is 8.78 Å². The van der Waals surface area contributed by atoms with Crippen LogP contribution in [0.25, 0.3) is 0 Å². The van der Waals surface area contributed by atoms with Crippen LogP contribution in [0.4, 0.5) is 8.78 Å². The lowest BCUT2D eigenvalue weighted by Crippen LogP contribution is -1.99. The first-order chi connectivity index (χ1) is 9.11. The first kappa shape index (κ1) is 14.0. The molecule has 0 amide bonds. The van der Waals surface area contributed by atoms with Gasteiger partial charge >= 0.3 is 0 Å². The van der Waals surface area contributed by atoms with Crippen LogP contribution in [-0.2, 0) is 20.1 Å². The Morgan fingerprint density at radius 1 is 1.26 bits per heavy atom. The lowest BCUT2D eigenvalue weighted by molar-refractivity contribution is 0.266. The van der Waals surface area contributed by atoms with Crippen molar-refractivity contribution in [1.29, 1.82) is 0 Å². The van der Waals surface area contributed by atoms with E-state index in [0.717, 1.165) is 11.6 Å². The summed E-state index contributed by atoms with van der Waals surface area (Å²) < 4.78 is 27.5. The Labute approximate surface area is 113 Å². The largest absolute Gasteiger partial charge is 0.388 e. The van der Waals surface area contributed by atoms with Gasteiger partial charge in [0.2, 0.25) is 0 Å². The average Bonchev–Trinajstić information content (AvgIpc) is 2.75. The molecular weight excluding hydrogens is 272 g/mol. The fraction of sp³-hybridized carbons (Fsp3) is 0.333. The Morgan fingerprint density at radius 2 is 2.05 bits per heavy atom. The van der Waals surface area contributed by atoms with E-state index in [1.54, 1.807) is 17.7 Å². The Morgan fingerprint density at radius 3 is 2.68 bits per heavy atom. The van der Waals surface area contributed by atoms with Gasteiger partial charge in [0, 0.05) is 12.8 Å². The van der Waals surface area contributed by atoms with Gasteiger partial charge in [0.1, 0.15) is 6.61 Å². The van der Waals surface area contributed by atoms with Crippen LogP contribution in [0.5, 0.6) is 0 Å². The van der Waals surface area contributed by atoms with Crippen molar-refractivity contribution in [2.24, 2.45) is 7.05 Å². The second-order valence-corrected chi connectivity index (χ2v) is 5.02. The summed E-state index contributed by atoms with van der Waals surface area (Å²) in [6, 6.07) is 3.89. The maximum absolute atomic E-state index is 13.0. The Hall–Kier alpha value is -1.47. The second-order valence-electron chi connectivity index (χ2n) is 3.96. The van der Waals surface area contributed by atoms with Crippen LogP contribution in [0.2, 0.25) is 0 Å². The third kappa shape index (κ3) is 3.30. The number of hydrogen-bond acceptors (Lipinski definition) is 4. The number of aryl methyl sites for hydroxylation is 1. The van der Waals surface area contributed by atoms with Crippen molar-refractivity contribution in [1.82, 2.24) is 14.8 Å². The first-order valence-corrected chi connectivity index (χ1v) is 6.66. The summed E-state index contributed by atoms with van der Waals surface area (Å²) in [7, 11) is 1.77. The minimum Gasteiger partial charge on any atom is -0.388 e.